The number of hydrogen-bond donors (Lipinski definition) is 1. The number of carbonyl (C=O) groups excluding carboxylic acids is 2. The normalized spacial score (nSPS) is 16.0. The highest BCUT2D eigenvalue weighted by Crippen LogP contribution is 2.31. The monoisotopic (exact) mass is 372 g/mol. The number of para-hydroxylation sites is 1. The van der Waals surface area contributed by atoms with E-state index in [1.54, 1.807) is 23.1 Å². The summed E-state index contributed by atoms with van der Waals surface area (Å²) >= 11 is 12.1. The summed E-state index contributed by atoms with van der Waals surface area (Å²) in [7, 11) is 0. The van der Waals surface area contributed by atoms with Crippen LogP contribution in [0.25, 0.3) is 0 Å². The minimum absolute atomic E-state index is 0.131. The molecule has 0 atom stereocenters. The van der Waals surface area contributed by atoms with Crippen LogP contribution in [0.2, 0.25) is 10.0 Å². The van der Waals surface area contributed by atoms with Crippen LogP contribution >= 0.6 is 23.2 Å². The summed E-state index contributed by atoms with van der Waals surface area (Å²) in [5.74, 6) is -0.315. The fraction of sp³-hybridized carbons (Fsp3) is 0.529. The van der Waals surface area contributed by atoms with E-state index >= 15 is 0 Å². The Balaban J connectivity index is 1.90. The molecule has 132 valence electrons. The Hall–Kier alpha value is -1.46. The molecule has 1 saturated heterocycles. The van der Waals surface area contributed by atoms with Gasteiger partial charge in [0.15, 0.2) is 0 Å². The summed E-state index contributed by atoms with van der Waals surface area (Å²) in [6, 6.07) is 5.07. The molecular formula is C17H22Cl2N2O3. The van der Waals surface area contributed by atoms with Crippen molar-refractivity contribution in [1.29, 1.82) is 0 Å². The molecule has 1 aromatic carbocycles. The van der Waals surface area contributed by atoms with Gasteiger partial charge in [0.05, 0.1) is 15.7 Å². The average molecular weight is 373 g/mol. The van der Waals surface area contributed by atoms with Crippen LogP contribution in [0.15, 0.2) is 18.2 Å². The first kappa shape index (κ1) is 18.9. The van der Waals surface area contributed by atoms with Gasteiger partial charge in [0.1, 0.15) is 5.60 Å². The maximum atomic E-state index is 12.4. The largest absolute Gasteiger partial charge is 0.444 e. The minimum atomic E-state index is -0.522. The Morgan fingerprint density at radius 1 is 1.17 bits per heavy atom. The Bertz CT molecular complexity index is 601. The SMILES string of the molecule is CC(C)(C)OC(=O)N1CCC(C(=O)Nc2c(Cl)cccc2Cl)CC1. The Kier molecular flexibility index (Phi) is 5.99. The van der Waals surface area contributed by atoms with Gasteiger partial charge in [-0.25, -0.2) is 4.79 Å². The van der Waals surface area contributed by atoms with E-state index < -0.39 is 5.60 Å². The van der Waals surface area contributed by atoms with Crippen molar-refractivity contribution < 1.29 is 14.3 Å². The second-order valence-electron chi connectivity index (χ2n) is 6.83. The predicted molar refractivity (Wildman–Crippen MR) is 95.6 cm³/mol. The molecule has 0 aliphatic carbocycles. The van der Waals surface area contributed by atoms with Crippen molar-refractivity contribution in [2.45, 2.75) is 39.2 Å². The minimum Gasteiger partial charge on any atom is -0.444 e. The number of ether oxygens (including phenoxy) is 1. The second-order valence-corrected chi connectivity index (χ2v) is 7.64. The van der Waals surface area contributed by atoms with Crippen LogP contribution in [0.4, 0.5) is 10.5 Å². The number of nitrogens with zero attached hydrogens (tertiary/aromatic N) is 1. The summed E-state index contributed by atoms with van der Waals surface area (Å²) in [6.45, 7) is 6.47. The van der Waals surface area contributed by atoms with Crippen molar-refractivity contribution in [3.05, 3.63) is 28.2 Å². The summed E-state index contributed by atoms with van der Waals surface area (Å²) < 4.78 is 5.35. The number of hydrogen-bond acceptors (Lipinski definition) is 3. The molecule has 1 fully saturated rings. The van der Waals surface area contributed by atoms with Gasteiger partial charge < -0.3 is 15.0 Å². The van der Waals surface area contributed by atoms with E-state index in [0.29, 0.717) is 41.7 Å². The molecule has 24 heavy (non-hydrogen) atoms. The maximum absolute atomic E-state index is 12.4. The Morgan fingerprint density at radius 3 is 2.21 bits per heavy atom. The van der Waals surface area contributed by atoms with Crippen LogP contribution in [-0.4, -0.2) is 35.6 Å². The van der Waals surface area contributed by atoms with Crippen molar-refractivity contribution in [1.82, 2.24) is 4.90 Å². The van der Waals surface area contributed by atoms with Crippen LogP contribution in [0.3, 0.4) is 0 Å². The summed E-state index contributed by atoms with van der Waals surface area (Å²) in [4.78, 5) is 26.1. The summed E-state index contributed by atoms with van der Waals surface area (Å²) in [6.07, 6.45) is 0.816. The number of rotatable bonds is 2. The van der Waals surface area contributed by atoms with E-state index in [1.807, 2.05) is 20.8 Å². The first-order valence-corrected chi connectivity index (χ1v) is 8.66. The van der Waals surface area contributed by atoms with Gasteiger partial charge in [-0.3, -0.25) is 4.79 Å². The van der Waals surface area contributed by atoms with Crippen LogP contribution in [-0.2, 0) is 9.53 Å². The van der Waals surface area contributed by atoms with Crippen molar-refractivity contribution in [3.8, 4) is 0 Å². The van der Waals surface area contributed by atoms with E-state index in [9.17, 15) is 9.59 Å². The third-order valence-electron chi connectivity index (χ3n) is 3.73. The zero-order valence-electron chi connectivity index (χ0n) is 14.1. The molecule has 0 bridgehead atoms. The lowest BCUT2D eigenvalue weighted by atomic mass is 9.96. The highest BCUT2D eigenvalue weighted by atomic mass is 35.5. The second kappa shape index (κ2) is 7.62. The van der Waals surface area contributed by atoms with Gasteiger partial charge >= 0.3 is 6.09 Å². The topological polar surface area (TPSA) is 58.6 Å². The molecule has 1 heterocycles. The van der Waals surface area contributed by atoms with Crippen LogP contribution < -0.4 is 5.32 Å². The van der Waals surface area contributed by atoms with E-state index in [4.69, 9.17) is 27.9 Å². The average Bonchev–Trinajstić information content (AvgIpc) is 2.49. The standard InChI is InChI=1S/C17H22Cl2N2O3/c1-17(2,3)24-16(23)21-9-7-11(8-10-21)15(22)20-14-12(18)5-4-6-13(14)19/h4-6,11H,7-10H2,1-3H3,(H,20,22). The number of amides is 2. The quantitative estimate of drug-likeness (QED) is 0.826. The molecule has 0 aromatic heterocycles. The molecule has 0 spiro atoms. The third-order valence-corrected chi connectivity index (χ3v) is 4.36. The number of likely N-dealkylation sites (tertiary alicyclic amines) is 1. The molecule has 5 nitrogen and oxygen atoms in total. The number of anilines is 1. The van der Waals surface area contributed by atoms with Crippen molar-refractivity contribution >= 4 is 40.9 Å². The highest BCUT2D eigenvalue weighted by Gasteiger charge is 2.30. The van der Waals surface area contributed by atoms with E-state index in [1.165, 1.54) is 0 Å². The highest BCUT2D eigenvalue weighted by molar-refractivity contribution is 6.39. The van der Waals surface area contributed by atoms with Gasteiger partial charge in [-0.05, 0) is 45.7 Å². The van der Waals surface area contributed by atoms with E-state index in [-0.39, 0.29) is 17.9 Å². The number of halogens is 2. The van der Waals surface area contributed by atoms with Crippen LogP contribution in [0.1, 0.15) is 33.6 Å². The molecule has 2 amide bonds. The van der Waals surface area contributed by atoms with Crippen LogP contribution in [0.5, 0.6) is 0 Å². The van der Waals surface area contributed by atoms with Gasteiger partial charge in [0, 0.05) is 19.0 Å². The number of nitrogens with one attached hydrogen (secondary N) is 1. The number of piperidine rings is 1. The fourth-order valence-corrected chi connectivity index (χ4v) is 2.99. The summed E-state index contributed by atoms with van der Waals surface area (Å²) in [5.41, 5.74) is -0.0908. The van der Waals surface area contributed by atoms with E-state index in [0.717, 1.165) is 0 Å². The zero-order chi connectivity index (χ0) is 17.9. The van der Waals surface area contributed by atoms with Gasteiger partial charge in [-0.1, -0.05) is 29.3 Å². The lowest BCUT2D eigenvalue weighted by molar-refractivity contribution is -0.121. The molecule has 0 unspecified atom stereocenters. The van der Waals surface area contributed by atoms with Gasteiger partial charge in [0.25, 0.3) is 0 Å². The molecule has 1 aliphatic rings. The number of benzene rings is 1. The van der Waals surface area contributed by atoms with Gasteiger partial charge in [-0.2, -0.15) is 0 Å². The van der Waals surface area contributed by atoms with Crippen molar-refractivity contribution in [2.24, 2.45) is 5.92 Å². The zero-order valence-corrected chi connectivity index (χ0v) is 15.6. The Labute approximate surface area is 152 Å². The number of carbonyl (C=O) groups is 2. The molecule has 7 heteroatoms. The molecule has 1 aliphatic heterocycles. The molecule has 2 rings (SSSR count). The maximum Gasteiger partial charge on any atom is 0.410 e. The van der Waals surface area contributed by atoms with Crippen LogP contribution in [0, 0.1) is 5.92 Å². The molecule has 1 aromatic rings. The molecular weight excluding hydrogens is 351 g/mol. The first-order chi connectivity index (χ1) is 11.2. The molecule has 1 N–H and O–H groups in total. The van der Waals surface area contributed by atoms with E-state index in [2.05, 4.69) is 5.32 Å². The van der Waals surface area contributed by atoms with Gasteiger partial charge in [0.2, 0.25) is 5.91 Å². The smallest absolute Gasteiger partial charge is 0.410 e. The van der Waals surface area contributed by atoms with Crippen molar-refractivity contribution in [3.63, 3.8) is 0 Å². The predicted octanol–water partition coefficient (Wildman–Crippen LogP) is 4.58. The summed E-state index contributed by atoms with van der Waals surface area (Å²) in [5, 5.41) is 3.60. The molecule has 0 radical (unpaired) electrons. The van der Waals surface area contributed by atoms with Gasteiger partial charge in [-0.15, -0.1) is 0 Å². The fourth-order valence-electron chi connectivity index (χ4n) is 2.49. The molecule has 0 saturated carbocycles. The first-order valence-electron chi connectivity index (χ1n) is 7.90. The lowest BCUT2D eigenvalue weighted by Crippen LogP contribution is -2.43. The lowest BCUT2D eigenvalue weighted by Gasteiger charge is -2.33. The third kappa shape index (κ3) is 5.02. The van der Waals surface area contributed by atoms with Crippen molar-refractivity contribution in [2.75, 3.05) is 18.4 Å². The Morgan fingerprint density at radius 2 is 1.71 bits per heavy atom.